The molecule has 1 aromatic carbocycles. The molecular weight excluding hydrogens is 290 g/mol. The van der Waals surface area contributed by atoms with E-state index in [-0.39, 0.29) is 6.04 Å². The van der Waals surface area contributed by atoms with E-state index in [1.54, 1.807) is 0 Å². The lowest BCUT2D eigenvalue weighted by molar-refractivity contribution is 0.164. The molecule has 6 heteroatoms. The average molecular weight is 309 g/mol. The van der Waals surface area contributed by atoms with Gasteiger partial charge in [0.1, 0.15) is 0 Å². The van der Waals surface area contributed by atoms with Crippen molar-refractivity contribution in [3.05, 3.63) is 53.9 Å². The highest BCUT2D eigenvalue weighted by atomic mass is 16.4. The van der Waals surface area contributed by atoms with Crippen LogP contribution in [0.1, 0.15) is 30.2 Å². The minimum atomic E-state index is 0.0788. The summed E-state index contributed by atoms with van der Waals surface area (Å²) in [6.07, 6.45) is 2.88. The van der Waals surface area contributed by atoms with Gasteiger partial charge >= 0.3 is 0 Å². The van der Waals surface area contributed by atoms with E-state index in [4.69, 9.17) is 4.42 Å². The quantitative estimate of drug-likeness (QED) is 0.744. The van der Waals surface area contributed by atoms with Crippen LogP contribution in [0.5, 0.6) is 0 Å². The molecule has 23 heavy (non-hydrogen) atoms. The minimum absolute atomic E-state index is 0.0788. The molecule has 0 aliphatic carbocycles. The molecule has 6 nitrogen and oxygen atoms in total. The molecule has 0 saturated carbocycles. The van der Waals surface area contributed by atoms with E-state index in [0.29, 0.717) is 11.8 Å². The first kappa shape index (κ1) is 14.1. The second-order valence-electron chi connectivity index (χ2n) is 5.96. The molecule has 2 aromatic heterocycles. The van der Waals surface area contributed by atoms with Crippen LogP contribution in [0.15, 0.2) is 41.1 Å². The van der Waals surface area contributed by atoms with E-state index >= 15 is 0 Å². The summed E-state index contributed by atoms with van der Waals surface area (Å²) >= 11 is 0. The highest BCUT2D eigenvalue weighted by molar-refractivity contribution is 5.51. The van der Waals surface area contributed by atoms with E-state index < -0.39 is 0 Å². The van der Waals surface area contributed by atoms with Gasteiger partial charge in [-0.25, -0.2) is 4.98 Å². The maximum atomic E-state index is 5.89. The molecule has 0 radical (unpaired) electrons. The van der Waals surface area contributed by atoms with Gasteiger partial charge in [-0.15, -0.1) is 10.2 Å². The number of aryl methyl sites for hydroxylation is 1. The van der Waals surface area contributed by atoms with Crippen molar-refractivity contribution in [2.24, 2.45) is 7.05 Å². The van der Waals surface area contributed by atoms with Crippen molar-refractivity contribution in [2.75, 3.05) is 6.54 Å². The van der Waals surface area contributed by atoms with Crippen molar-refractivity contribution in [1.29, 1.82) is 0 Å². The van der Waals surface area contributed by atoms with Crippen molar-refractivity contribution < 1.29 is 4.42 Å². The van der Waals surface area contributed by atoms with Gasteiger partial charge in [0.05, 0.1) is 18.1 Å². The third-order valence-electron chi connectivity index (χ3n) is 4.50. The zero-order valence-corrected chi connectivity index (χ0v) is 13.3. The Labute approximate surface area is 134 Å². The Morgan fingerprint density at radius 3 is 2.83 bits per heavy atom. The molecule has 1 aliphatic rings. The van der Waals surface area contributed by atoms with Crippen LogP contribution in [0.3, 0.4) is 0 Å². The predicted molar refractivity (Wildman–Crippen MR) is 85.5 cm³/mol. The molecule has 0 amide bonds. The van der Waals surface area contributed by atoms with Gasteiger partial charge in [-0.2, -0.15) is 0 Å². The van der Waals surface area contributed by atoms with Gasteiger partial charge < -0.3 is 8.98 Å². The maximum Gasteiger partial charge on any atom is 0.247 e. The molecule has 3 heterocycles. The lowest BCUT2D eigenvalue weighted by Crippen LogP contribution is -2.33. The molecule has 1 atom stereocenters. The van der Waals surface area contributed by atoms with Crippen molar-refractivity contribution in [2.45, 2.75) is 25.9 Å². The van der Waals surface area contributed by atoms with Gasteiger partial charge in [0.2, 0.25) is 11.8 Å². The predicted octanol–water partition coefficient (Wildman–Crippen LogP) is 2.59. The van der Waals surface area contributed by atoms with Crippen LogP contribution in [0.4, 0.5) is 0 Å². The fourth-order valence-electron chi connectivity index (χ4n) is 3.07. The van der Waals surface area contributed by atoms with Crippen LogP contribution in [0.25, 0.3) is 11.5 Å². The van der Waals surface area contributed by atoms with Gasteiger partial charge in [0, 0.05) is 37.8 Å². The molecule has 1 aliphatic heterocycles. The first-order valence-electron chi connectivity index (χ1n) is 7.84. The third-order valence-corrected chi connectivity index (χ3v) is 4.50. The van der Waals surface area contributed by atoms with Gasteiger partial charge in [0.25, 0.3) is 0 Å². The largest absolute Gasteiger partial charge is 0.419 e. The second kappa shape index (κ2) is 5.62. The lowest BCUT2D eigenvalue weighted by atomic mass is 10.1. The van der Waals surface area contributed by atoms with E-state index in [1.807, 2.05) is 36.7 Å². The average Bonchev–Trinajstić information content (AvgIpc) is 3.22. The number of imidazole rings is 1. The maximum absolute atomic E-state index is 5.89. The number of nitrogens with zero attached hydrogens (tertiary/aromatic N) is 5. The molecule has 0 spiro atoms. The van der Waals surface area contributed by atoms with E-state index in [9.17, 15) is 0 Å². The normalized spacial score (nSPS) is 16.3. The van der Waals surface area contributed by atoms with Crippen LogP contribution in [-0.2, 0) is 20.0 Å². The molecule has 118 valence electrons. The molecule has 3 aromatic rings. The van der Waals surface area contributed by atoms with Crippen LogP contribution in [-0.4, -0.2) is 31.2 Å². The van der Waals surface area contributed by atoms with Crippen molar-refractivity contribution in [1.82, 2.24) is 24.6 Å². The first-order valence-corrected chi connectivity index (χ1v) is 7.84. The first-order chi connectivity index (χ1) is 11.2. The Bertz CT molecular complexity index is 808. The van der Waals surface area contributed by atoms with Crippen LogP contribution < -0.4 is 0 Å². The molecule has 0 fully saturated rings. The Morgan fingerprint density at radius 2 is 2.00 bits per heavy atom. The highest BCUT2D eigenvalue weighted by Crippen LogP contribution is 2.28. The fourth-order valence-corrected chi connectivity index (χ4v) is 3.07. The van der Waals surface area contributed by atoms with E-state index in [1.165, 1.54) is 5.69 Å². The number of fused-ring (bicyclic) bond motifs is 1. The molecule has 0 unspecified atom stereocenters. The second-order valence-corrected chi connectivity index (χ2v) is 5.96. The Kier molecular flexibility index (Phi) is 3.46. The highest BCUT2D eigenvalue weighted by Gasteiger charge is 2.27. The molecule has 0 saturated heterocycles. The Morgan fingerprint density at radius 1 is 1.17 bits per heavy atom. The number of rotatable bonds is 3. The van der Waals surface area contributed by atoms with Gasteiger partial charge in [-0.05, 0) is 19.1 Å². The van der Waals surface area contributed by atoms with Crippen molar-refractivity contribution in [3.63, 3.8) is 0 Å². The topological polar surface area (TPSA) is 60.0 Å². The number of aromatic nitrogens is 4. The number of benzene rings is 1. The van der Waals surface area contributed by atoms with Crippen molar-refractivity contribution in [3.8, 4) is 11.5 Å². The zero-order valence-electron chi connectivity index (χ0n) is 13.3. The summed E-state index contributed by atoms with van der Waals surface area (Å²) in [5, 5.41) is 8.43. The summed E-state index contributed by atoms with van der Waals surface area (Å²) in [6.45, 7) is 3.90. The molecule has 0 N–H and O–H groups in total. The number of hydrogen-bond donors (Lipinski definition) is 0. The summed E-state index contributed by atoms with van der Waals surface area (Å²) in [6, 6.07) is 9.94. The molecular formula is C17H19N5O. The number of hydrogen-bond acceptors (Lipinski definition) is 5. The zero-order chi connectivity index (χ0) is 15.8. The van der Waals surface area contributed by atoms with E-state index in [0.717, 1.165) is 30.8 Å². The smallest absolute Gasteiger partial charge is 0.247 e. The fraction of sp³-hybridized carbons (Fsp3) is 0.353. The SMILES string of the molecule is C[C@@H](c1nnc(-c2ccccc2)o1)N1CCc2c(ncn2C)C1. The Hall–Kier alpha value is -2.47. The monoisotopic (exact) mass is 309 g/mol. The summed E-state index contributed by atoms with van der Waals surface area (Å²) in [5.41, 5.74) is 3.42. The van der Waals surface area contributed by atoms with Crippen LogP contribution in [0, 0.1) is 0 Å². The lowest BCUT2D eigenvalue weighted by Gasteiger charge is -2.30. The molecule has 0 bridgehead atoms. The van der Waals surface area contributed by atoms with Gasteiger partial charge in [-0.1, -0.05) is 18.2 Å². The van der Waals surface area contributed by atoms with Gasteiger partial charge in [0.15, 0.2) is 0 Å². The van der Waals surface area contributed by atoms with Crippen LogP contribution >= 0.6 is 0 Å². The Balaban J connectivity index is 1.54. The summed E-state index contributed by atoms with van der Waals surface area (Å²) in [7, 11) is 2.05. The minimum Gasteiger partial charge on any atom is -0.419 e. The summed E-state index contributed by atoms with van der Waals surface area (Å²) < 4.78 is 8.00. The van der Waals surface area contributed by atoms with Crippen molar-refractivity contribution >= 4 is 0 Å². The van der Waals surface area contributed by atoms with Gasteiger partial charge in [-0.3, -0.25) is 4.90 Å². The third kappa shape index (κ3) is 2.55. The standard InChI is InChI=1S/C17H19N5O/c1-12(22-9-8-15-14(10-22)18-11-21(15)2)16-19-20-17(23-16)13-6-4-3-5-7-13/h3-7,11-12H,8-10H2,1-2H3/t12-/m0/s1. The van der Waals surface area contributed by atoms with E-state index in [2.05, 4.69) is 38.6 Å². The van der Waals surface area contributed by atoms with Crippen LogP contribution in [0.2, 0.25) is 0 Å². The molecule has 4 rings (SSSR count). The summed E-state index contributed by atoms with van der Waals surface area (Å²) in [5.74, 6) is 1.23. The summed E-state index contributed by atoms with van der Waals surface area (Å²) in [4.78, 5) is 6.82.